The molecule has 2 heterocycles. The quantitative estimate of drug-likeness (QED) is 0.647. The molecular weight excluding hydrogens is 394 g/mol. The molecule has 1 saturated carbocycles. The third kappa shape index (κ3) is 4.70. The van der Waals surface area contributed by atoms with Gasteiger partial charge in [0.2, 0.25) is 5.91 Å². The fraction of sp³-hybridized carbons (Fsp3) is 0.625. The Balaban J connectivity index is 1.22. The first-order valence-corrected chi connectivity index (χ1v) is 11.5. The molecule has 168 valence electrons. The lowest BCUT2D eigenvalue weighted by atomic mass is 9.90. The van der Waals surface area contributed by atoms with Crippen LogP contribution in [0.25, 0.3) is 0 Å². The van der Waals surface area contributed by atoms with E-state index in [9.17, 15) is 14.4 Å². The van der Waals surface area contributed by atoms with Gasteiger partial charge in [-0.1, -0.05) is 12.1 Å². The number of hydrogen-bond acceptors (Lipinski definition) is 4. The number of rotatable bonds is 8. The lowest BCUT2D eigenvalue weighted by Gasteiger charge is -2.33. The maximum absolute atomic E-state index is 12.8. The van der Waals surface area contributed by atoms with Crippen LogP contribution in [-0.2, 0) is 16.0 Å². The van der Waals surface area contributed by atoms with E-state index in [0.717, 1.165) is 49.2 Å². The van der Waals surface area contributed by atoms with Gasteiger partial charge in [-0.05, 0) is 81.9 Å². The number of carbonyl (C=O) groups is 3. The number of aryl methyl sites for hydroxylation is 1. The van der Waals surface area contributed by atoms with Crippen LogP contribution in [0.5, 0.6) is 5.75 Å². The number of nitrogens with zero attached hydrogens (tertiary/aromatic N) is 2. The standard InChI is InChI=1S/C24H33N3O4/c1-3-31-20-10-6-17(7-11-20)4-5-18-12-14-26(15-13-18)21(28)16-27-22(29)24(2,19-8-9-19)25-23(27)30/h6-7,10-11,18-19H,3-5,8-9,12-16H2,1-2H3,(H,25,30). The van der Waals surface area contributed by atoms with Crippen molar-refractivity contribution in [2.24, 2.45) is 11.8 Å². The number of carbonyl (C=O) groups excluding carboxylic acids is 3. The van der Waals surface area contributed by atoms with E-state index in [-0.39, 0.29) is 24.3 Å². The summed E-state index contributed by atoms with van der Waals surface area (Å²) < 4.78 is 5.49. The van der Waals surface area contributed by atoms with Crippen LogP contribution in [0.2, 0.25) is 0 Å². The van der Waals surface area contributed by atoms with Crippen LogP contribution in [0.4, 0.5) is 4.79 Å². The maximum atomic E-state index is 12.8. The van der Waals surface area contributed by atoms with E-state index in [0.29, 0.717) is 25.6 Å². The van der Waals surface area contributed by atoms with Crippen molar-refractivity contribution in [3.8, 4) is 5.75 Å². The number of amides is 4. The lowest BCUT2D eigenvalue weighted by molar-refractivity contribution is -0.139. The van der Waals surface area contributed by atoms with Gasteiger partial charge in [0, 0.05) is 13.1 Å². The summed E-state index contributed by atoms with van der Waals surface area (Å²) in [7, 11) is 0. The molecule has 2 saturated heterocycles. The molecule has 4 rings (SSSR count). The first kappa shape index (κ1) is 21.7. The highest BCUT2D eigenvalue weighted by molar-refractivity contribution is 6.09. The number of likely N-dealkylation sites (tertiary alicyclic amines) is 1. The minimum absolute atomic E-state index is 0.131. The third-order valence-corrected chi connectivity index (χ3v) is 7.03. The summed E-state index contributed by atoms with van der Waals surface area (Å²) in [6, 6.07) is 7.85. The number of nitrogens with one attached hydrogen (secondary N) is 1. The molecule has 7 heteroatoms. The Labute approximate surface area is 184 Å². The molecule has 3 aliphatic rings. The molecule has 3 fully saturated rings. The topological polar surface area (TPSA) is 79.0 Å². The molecule has 1 atom stereocenters. The van der Waals surface area contributed by atoms with E-state index in [1.165, 1.54) is 5.56 Å². The van der Waals surface area contributed by atoms with Gasteiger partial charge in [-0.15, -0.1) is 0 Å². The Hall–Kier alpha value is -2.57. The van der Waals surface area contributed by atoms with Crippen molar-refractivity contribution in [1.82, 2.24) is 15.1 Å². The first-order valence-electron chi connectivity index (χ1n) is 11.5. The van der Waals surface area contributed by atoms with Crippen LogP contribution in [0.1, 0.15) is 51.5 Å². The number of hydrogen-bond donors (Lipinski definition) is 1. The Morgan fingerprint density at radius 2 is 1.81 bits per heavy atom. The van der Waals surface area contributed by atoms with Gasteiger partial charge < -0.3 is 15.0 Å². The molecule has 1 aliphatic carbocycles. The number of piperidine rings is 1. The molecule has 2 aliphatic heterocycles. The predicted molar refractivity (Wildman–Crippen MR) is 117 cm³/mol. The van der Waals surface area contributed by atoms with Gasteiger partial charge in [-0.3, -0.25) is 14.5 Å². The highest BCUT2D eigenvalue weighted by Gasteiger charge is 2.56. The number of ether oxygens (including phenoxy) is 1. The molecule has 7 nitrogen and oxygen atoms in total. The molecule has 4 amide bonds. The zero-order valence-corrected chi connectivity index (χ0v) is 18.6. The molecule has 0 radical (unpaired) electrons. The van der Waals surface area contributed by atoms with Gasteiger partial charge in [0.25, 0.3) is 5.91 Å². The second-order valence-corrected chi connectivity index (χ2v) is 9.24. The molecule has 0 bridgehead atoms. The Kier molecular flexibility index (Phi) is 6.21. The summed E-state index contributed by atoms with van der Waals surface area (Å²) in [5.74, 6) is 1.31. The molecule has 0 spiro atoms. The second-order valence-electron chi connectivity index (χ2n) is 9.24. The van der Waals surface area contributed by atoms with E-state index in [4.69, 9.17) is 4.74 Å². The van der Waals surface area contributed by atoms with E-state index >= 15 is 0 Å². The summed E-state index contributed by atoms with van der Waals surface area (Å²) in [6.07, 6.45) is 5.95. The van der Waals surface area contributed by atoms with Crippen molar-refractivity contribution in [3.63, 3.8) is 0 Å². The summed E-state index contributed by atoms with van der Waals surface area (Å²) in [5.41, 5.74) is 0.477. The number of imide groups is 1. The van der Waals surface area contributed by atoms with Crippen molar-refractivity contribution in [1.29, 1.82) is 0 Å². The van der Waals surface area contributed by atoms with Crippen molar-refractivity contribution in [3.05, 3.63) is 29.8 Å². The second kappa shape index (κ2) is 8.89. The highest BCUT2D eigenvalue weighted by atomic mass is 16.5. The van der Waals surface area contributed by atoms with Gasteiger partial charge in [0.05, 0.1) is 6.61 Å². The fourth-order valence-electron chi connectivity index (χ4n) is 4.79. The van der Waals surface area contributed by atoms with E-state index in [1.54, 1.807) is 11.8 Å². The summed E-state index contributed by atoms with van der Waals surface area (Å²) >= 11 is 0. The fourth-order valence-corrected chi connectivity index (χ4v) is 4.79. The molecule has 1 N–H and O–H groups in total. The zero-order valence-electron chi connectivity index (χ0n) is 18.6. The van der Waals surface area contributed by atoms with E-state index in [1.807, 2.05) is 19.1 Å². The normalized spacial score (nSPS) is 24.5. The summed E-state index contributed by atoms with van der Waals surface area (Å²) in [6.45, 7) is 5.67. The van der Waals surface area contributed by atoms with Gasteiger partial charge in [0.15, 0.2) is 0 Å². The summed E-state index contributed by atoms with van der Waals surface area (Å²) in [4.78, 5) is 40.7. The smallest absolute Gasteiger partial charge is 0.325 e. The van der Waals surface area contributed by atoms with Crippen LogP contribution in [0, 0.1) is 11.8 Å². The largest absolute Gasteiger partial charge is 0.494 e. The lowest BCUT2D eigenvalue weighted by Crippen LogP contribution is -2.48. The molecule has 0 aromatic heterocycles. The summed E-state index contributed by atoms with van der Waals surface area (Å²) in [5, 5.41) is 2.81. The van der Waals surface area contributed by atoms with Gasteiger partial charge >= 0.3 is 6.03 Å². The van der Waals surface area contributed by atoms with Crippen LogP contribution >= 0.6 is 0 Å². The third-order valence-electron chi connectivity index (χ3n) is 7.03. The Morgan fingerprint density at radius 3 is 2.42 bits per heavy atom. The number of urea groups is 1. The molecule has 1 unspecified atom stereocenters. The molecular formula is C24H33N3O4. The minimum Gasteiger partial charge on any atom is -0.494 e. The maximum Gasteiger partial charge on any atom is 0.325 e. The van der Waals surface area contributed by atoms with Crippen molar-refractivity contribution in [2.45, 2.75) is 57.9 Å². The van der Waals surface area contributed by atoms with Gasteiger partial charge in [-0.2, -0.15) is 0 Å². The Morgan fingerprint density at radius 1 is 1.13 bits per heavy atom. The van der Waals surface area contributed by atoms with Crippen molar-refractivity contribution >= 4 is 17.8 Å². The van der Waals surface area contributed by atoms with E-state index in [2.05, 4.69) is 17.4 Å². The molecule has 1 aromatic carbocycles. The van der Waals surface area contributed by atoms with Crippen LogP contribution in [0.15, 0.2) is 24.3 Å². The minimum atomic E-state index is -0.828. The predicted octanol–water partition coefficient (Wildman–Crippen LogP) is 2.98. The molecule has 31 heavy (non-hydrogen) atoms. The van der Waals surface area contributed by atoms with Crippen molar-refractivity contribution in [2.75, 3.05) is 26.2 Å². The van der Waals surface area contributed by atoms with Crippen LogP contribution in [-0.4, -0.2) is 59.4 Å². The first-order chi connectivity index (χ1) is 14.9. The average molecular weight is 428 g/mol. The monoisotopic (exact) mass is 427 g/mol. The van der Waals surface area contributed by atoms with E-state index < -0.39 is 11.6 Å². The number of benzene rings is 1. The zero-order chi connectivity index (χ0) is 22.0. The van der Waals surface area contributed by atoms with Crippen molar-refractivity contribution < 1.29 is 19.1 Å². The van der Waals surface area contributed by atoms with Gasteiger partial charge in [-0.25, -0.2) is 4.79 Å². The van der Waals surface area contributed by atoms with Crippen LogP contribution in [0.3, 0.4) is 0 Å². The highest BCUT2D eigenvalue weighted by Crippen LogP contribution is 2.42. The Bertz CT molecular complexity index is 828. The van der Waals surface area contributed by atoms with Crippen LogP contribution < -0.4 is 10.1 Å². The van der Waals surface area contributed by atoms with Gasteiger partial charge in [0.1, 0.15) is 17.8 Å². The average Bonchev–Trinajstić information content (AvgIpc) is 3.60. The SMILES string of the molecule is CCOc1ccc(CCC2CCN(C(=O)CN3C(=O)NC(C)(C4CC4)C3=O)CC2)cc1. The molecule has 1 aromatic rings.